The molecule has 0 saturated heterocycles. The van der Waals surface area contributed by atoms with Crippen LogP contribution in [0.4, 0.5) is 0 Å². The van der Waals surface area contributed by atoms with Crippen LogP contribution in [0.1, 0.15) is 22.8 Å². The van der Waals surface area contributed by atoms with Crippen molar-refractivity contribution in [3.63, 3.8) is 0 Å². The molecule has 5 nitrogen and oxygen atoms in total. The van der Waals surface area contributed by atoms with Gasteiger partial charge in [0.1, 0.15) is 12.4 Å². The van der Waals surface area contributed by atoms with Gasteiger partial charge in [-0.2, -0.15) is 0 Å². The number of nitrogens with one attached hydrogen (secondary N) is 2. The van der Waals surface area contributed by atoms with Crippen LogP contribution in [0.3, 0.4) is 0 Å². The molecule has 0 aliphatic carbocycles. The molecular formula is C35H23Cl3N4O. The van der Waals surface area contributed by atoms with Gasteiger partial charge in [0.25, 0.3) is 0 Å². The van der Waals surface area contributed by atoms with E-state index in [2.05, 4.69) is 34.7 Å². The summed E-state index contributed by atoms with van der Waals surface area (Å²) in [6.07, 6.45) is 9.69. The molecule has 210 valence electrons. The highest BCUT2D eigenvalue weighted by Gasteiger charge is 2.17. The Morgan fingerprint density at radius 1 is 0.698 bits per heavy atom. The maximum Gasteiger partial charge on any atom is 0.120 e. The minimum atomic E-state index is 0.298. The minimum Gasteiger partial charge on any atom is -0.490 e. The molecule has 8 heteroatoms. The van der Waals surface area contributed by atoms with Crippen LogP contribution >= 0.6 is 34.8 Å². The van der Waals surface area contributed by atoms with Crippen molar-refractivity contribution in [1.29, 1.82) is 0 Å². The maximum atomic E-state index is 6.75. The Balaban J connectivity index is 1.51. The van der Waals surface area contributed by atoms with Crippen LogP contribution in [0.2, 0.25) is 15.1 Å². The molecule has 0 atom stereocenters. The molecule has 5 heterocycles. The highest BCUT2D eigenvalue weighted by molar-refractivity contribution is 6.49. The summed E-state index contributed by atoms with van der Waals surface area (Å²) in [7, 11) is 0. The molecule has 0 spiro atoms. The number of aromatic amines is 2. The molecule has 0 radical (unpaired) electrons. The second-order valence-electron chi connectivity index (χ2n) is 10.1. The molecule has 2 aromatic carbocycles. The summed E-state index contributed by atoms with van der Waals surface area (Å²) in [5.74, 6) is 0.772. The zero-order chi connectivity index (χ0) is 29.5. The fraction of sp³-hybridized carbons (Fsp3) is 0.0286. The molecular weight excluding hydrogens is 599 g/mol. The van der Waals surface area contributed by atoms with Crippen molar-refractivity contribution in [2.75, 3.05) is 6.61 Å². The molecule has 2 aliphatic heterocycles. The molecule has 0 unspecified atom stereocenters. The van der Waals surface area contributed by atoms with Gasteiger partial charge in [-0.3, -0.25) is 0 Å². The number of fused-ring (bicyclic) bond motifs is 8. The summed E-state index contributed by atoms with van der Waals surface area (Å²) in [5.41, 5.74) is 10.3. The Bertz CT molecular complexity index is 2160. The first-order valence-electron chi connectivity index (χ1n) is 13.5. The molecule has 8 bridgehead atoms. The van der Waals surface area contributed by atoms with E-state index >= 15 is 0 Å². The number of benzene rings is 2. The van der Waals surface area contributed by atoms with Crippen LogP contribution in [0, 0.1) is 0 Å². The van der Waals surface area contributed by atoms with Crippen LogP contribution in [0.15, 0.2) is 85.5 Å². The predicted molar refractivity (Wildman–Crippen MR) is 180 cm³/mol. The van der Waals surface area contributed by atoms with Crippen molar-refractivity contribution in [3.8, 4) is 28.0 Å². The van der Waals surface area contributed by atoms with E-state index in [0.717, 1.165) is 72.8 Å². The molecule has 2 N–H and O–H groups in total. The molecule has 7 rings (SSSR count). The Labute approximate surface area is 262 Å². The first kappa shape index (κ1) is 27.3. The van der Waals surface area contributed by atoms with Gasteiger partial charge < -0.3 is 14.7 Å². The topological polar surface area (TPSA) is 66.6 Å². The van der Waals surface area contributed by atoms with E-state index in [1.165, 1.54) is 0 Å². The average Bonchev–Trinajstić information content (AvgIpc) is 3.82. The van der Waals surface area contributed by atoms with Gasteiger partial charge in [0.2, 0.25) is 0 Å². The lowest BCUT2D eigenvalue weighted by Gasteiger charge is -2.09. The van der Waals surface area contributed by atoms with E-state index in [9.17, 15) is 0 Å². The molecule has 3 aromatic heterocycles. The Kier molecular flexibility index (Phi) is 7.15. The van der Waals surface area contributed by atoms with E-state index < -0.39 is 0 Å². The quantitative estimate of drug-likeness (QED) is 0.148. The summed E-state index contributed by atoms with van der Waals surface area (Å²) in [6, 6.07) is 23.8. The average molecular weight is 622 g/mol. The zero-order valence-electron chi connectivity index (χ0n) is 22.7. The summed E-state index contributed by atoms with van der Waals surface area (Å²) < 4.78 is 5.81. The summed E-state index contributed by atoms with van der Waals surface area (Å²) >= 11 is 19.5. The van der Waals surface area contributed by atoms with Gasteiger partial charge in [0.05, 0.1) is 37.8 Å². The monoisotopic (exact) mass is 620 g/mol. The van der Waals surface area contributed by atoms with Crippen molar-refractivity contribution in [2.45, 2.75) is 0 Å². The van der Waals surface area contributed by atoms with E-state index in [4.69, 9.17) is 49.5 Å². The minimum absolute atomic E-state index is 0.298. The molecule has 2 aliphatic rings. The summed E-state index contributed by atoms with van der Waals surface area (Å²) in [4.78, 5) is 16.9. The zero-order valence-corrected chi connectivity index (χ0v) is 24.9. The van der Waals surface area contributed by atoms with Crippen molar-refractivity contribution in [3.05, 3.63) is 123 Å². The largest absolute Gasteiger partial charge is 0.490 e. The second-order valence-corrected chi connectivity index (χ2v) is 11.3. The Hall–Kier alpha value is -4.55. The van der Waals surface area contributed by atoms with Crippen LogP contribution in [-0.4, -0.2) is 26.5 Å². The SMILES string of the molecule is C=CCOc1cccc(-c2cc3cc4nc(c(-c5ccc(Cl)c(Cl)c5Cl)c5ccc(cc6nc(cc2[nH]3)C=C6)[nH]5)C=C4)c1. The van der Waals surface area contributed by atoms with Gasteiger partial charge in [0.15, 0.2) is 0 Å². The van der Waals surface area contributed by atoms with Crippen molar-refractivity contribution in [1.82, 2.24) is 19.9 Å². The number of rotatable bonds is 5. The van der Waals surface area contributed by atoms with E-state index in [1.54, 1.807) is 12.1 Å². The molecule has 0 fully saturated rings. The number of halogens is 3. The molecule has 5 aromatic rings. The fourth-order valence-corrected chi connectivity index (χ4v) is 5.86. The third kappa shape index (κ3) is 5.39. The summed E-state index contributed by atoms with van der Waals surface area (Å²) in [5, 5.41) is 1.05. The van der Waals surface area contributed by atoms with Crippen LogP contribution in [0.5, 0.6) is 5.75 Å². The highest BCUT2D eigenvalue weighted by Crippen LogP contribution is 2.41. The van der Waals surface area contributed by atoms with E-state index in [1.807, 2.05) is 72.8 Å². The van der Waals surface area contributed by atoms with Gasteiger partial charge >= 0.3 is 0 Å². The lowest BCUT2D eigenvalue weighted by atomic mass is 10.0. The normalized spacial score (nSPS) is 12.1. The number of ether oxygens (including phenoxy) is 1. The molecule has 0 amide bonds. The van der Waals surface area contributed by atoms with Gasteiger partial charge in [-0.15, -0.1) is 0 Å². The van der Waals surface area contributed by atoms with Crippen molar-refractivity contribution in [2.24, 2.45) is 0 Å². The number of hydrogen-bond donors (Lipinski definition) is 2. The first-order chi connectivity index (χ1) is 20.9. The maximum absolute atomic E-state index is 6.75. The van der Waals surface area contributed by atoms with Crippen LogP contribution in [0.25, 0.3) is 68.6 Å². The second kappa shape index (κ2) is 11.3. The van der Waals surface area contributed by atoms with Gasteiger partial charge in [-0.25, -0.2) is 9.97 Å². The standard InChI is InChI=1S/C35H23Cl3N4O/c1-2-14-43-26-5-3-4-20(15-26)28-18-25-17-23-9-13-31(41-23)33(27-10-11-29(36)35(38)34(27)37)30-12-8-22(40-30)16-21-6-7-24(39-21)19-32(28)42-25/h2-13,15-19,40,42H,1,14H2. The Morgan fingerprint density at radius 2 is 1.47 bits per heavy atom. The number of nitrogens with zero attached hydrogens (tertiary/aromatic N) is 2. The molecule has 43 heavy (non-hydrogen) atoms. The van der Waals surface area contributed by atoms with E-state index in [-0.39, 0.29) is 0 Å². The van der Waals surface area contributed by atoms with Crippen LogP contribution in [-0.2, 0) is 0 Å². The van der Waals surface area contributed by atoms with Gasteiger partial charge in [0, 0.05) is 38.8 Å². The van der Waals surface area contributed by atoms with Crippen LogP contribution < -0.4 is 4.74 Å². The highest BCUT2D eigenvalue weighted by atomic mass is 35.5. The van der Waals surface area contributed by atoms with Gasteiger partial charge in [-0.05, 0) is 84.5 Å². The summed E-state index contributed by atoms with van der Waals surface area (Å²) in [6.45, 7) is 4.18. The van der Waals surface area contributed by atoms with Crippen molar-refractivity contribution < 1.29 is 4.74 Å². The lowest BCUT2D eigenvalue weighted by molar-refractivity contribution is 0.363. The number of H-pyrrole nitrogens is 2. The first-order valence-corrected chi connectivity index (χ1v) is 14.7. The Morgan fingerprint density at radius 3 is 2.33 bits per heavy atom. The molecule has 0 saturated carbocycles. The van der Waals surface area contributed by atoms with Gasteiger partial charge in [-0.1, -0.05) is 65.7 Å². The number of hydrogen-bond acceptors (Lipinski definition) is 3. The number of aromatic nitrogens is 4. The third-order valence-corrected chi connectivity index (χ3v) is 8.46. The van der Waals surface area contributed by atoms with Crippen molar-refractivity contribution >= 4 is 81.2 Å². The third-order valence-electron chi connectivity index (χ3n) is 7.16. The fourth-order valence-electron chi connectivity index (χ4n) is 5.23. The lowest BCUT2D eigenvalue weighted by Crippen LogP contribution is -1.92. The predicted octanol–water partition coefficient (Wildman–Crippen LogP) is 10.5. The van der Waals surface area contributed by atoms with E-state index in [0.29, 0.717) is 21.7 Å². The smallest absolute Gasteiger partial charge is 0.120 e.